The maximum atomic E-state index is 11.0. The van der Waals surface area contributed by atoms with E-state index in [1.54, 1.807) is 12.1 Å². The first-order valence-corrected chi connectivity index (χ1v) is 7.27. The van der Waals surface area contributed by atoms with Crippen molar-refractivity contribution in [2.45, 2.75) is 25.6 Å². The van der Waals surface area contributed by atoms with Crippen molar-refractivity contribution in [2.75, 3.05) is 0 Å². The molecule has 6 heteroatoms. The van der Waals surface area contributed by atoms with Crippen LogP contribution >= 0.6 is 0 Å². The molecule has 0 bridgehead atoms. The van der Waals surface area contributed by atoms with Crippen molar-refractivity contribution in [1.29, 1.82) is 0 Å². The maximum Gasteiger partial charge on any atom is 0.269 e. The SMILES string of the molecule is CC1(C)C(c2ccccc2)=NC(c2cccc([N+](=O)[O-])c2)N1O. The lowest BCUT2D eigenvalue weighted by atomic mass is 9.93. The van der Waals surface area contributed by atoms with Crippen molar-refractivity contribution in [3.8, 4) is 0 Å². The van der Waals surface area contributed by atoms with Crippen molar-refractivity contribution in [1.82, 2.24) is 5.06 Å². The molecule has 2 aromatic carbocycles. The lowest BCUT2D eigenvalue weighted by Crippen LogP contribution is -2.44. The van der Waals surface area contributed by atoms with Gasteiger partial charge in [-0.1, -0.05) is 42.5 Å². The number of hydroxylamine groups is 2. The van der Waals surface area contributed by atoms with E-state index in [-0.39, 0.29) is 5.69 Å². The van der Waals surface area contributed by atoms with Gasteiger partial charge in [0, 0.05) is 12.1 Å². The Morgan fingerprint density at radius 2 is 1.87 bits per heavy atom. The second kappa shape index (κ2) is 5.57. The summed E-state index contributed by atoms with van der Waals surface area (Å²) in [6, 6.07) is 15.8. The molecule has 2 aromatic rings. The van der Waals surface area contributed by atoms with Crippen molar-refractivity contribution in [3.05, 3.63) is 75.8 Å². The standard InChI is InChI=1S/C17H17N3O3/c1-17(2)15(12-7-4-3-5-8-12)18-16(19(17)21)13-9-6-10-14(11-13)20(22)23/h3-11,16,21H,1-2H3. The Kier molecular flexibility index (Phi) is 3.71. The van der Waals surface area contributed by atoms with E-state index in [1.165, 1.54) is 12.1 Å². The Morgan fingerprint density at radius 3 is 2.52 bits per heavy atom. The average Bonchev–Trinajstić information content (AvgIpc) is 2.79. The summed E-state index contributed by atoms with van der Waals surface area (Å²) < 4.78 is 0. The molecule has 0 amide bonds. The zero-order chi connectivity index (χ0) is 16.6. The minimum atomic E-state index is -0.698. The van der Waals surface area contributed by atoms with Gasteiger partial charge >= 0.3 is 0 Å². The summed E-state index contributed by atoms with van der Waals surface area (Å²) >= 11 is 0. The summed E-state index contributed by atoms with van der Waals surface area (Å²) in [5.41, 5.74) is 1.54. The van der Waals surface area contributed by atoms with E-state index < -0.39 is 16.6 Å². The summed E-state index contributed by atoms with van der Waals surface area (Å²) in [4.78, 5) is 15.1. The van der Waals surface area contributed by atoms with Crippen LogP contribution in [0.15, 0.2) is 59.6 Å². The van der Waals surface area contributed by atoms with Crippen LogP contribution in [0.3, 0.4) is 0 Å². The molecule has 1 aliphatic rings. The Hall–Kier alpha value is -2.57. The molecule has 1 unspecified atom stereocenters. The minimum Gasteiger partial charge on any atom is -0.311 e. The molecule has 0 saturated heterocycles. The lowest BCUT2D eigenvalue weighted by molar-refractivity contribution is -0.385. The molecule has 1 atom stereocenters. The first-order chi connectivity index (χ1) is 10.9. The zero-order valence-electron chi connectivity index (χ0n) is 12.9. The molecular formula is C17H17N3O3. The Balaban J connectivity index is 2.05. The number of hydrogen-bond donors (Lipinski definition) is 1. The summed E-state index contributed by atoms with van der Waals surface area (Å²) in [6.07, 6.45) is -0.667. The van der Waals surface area contributed by atoms with Gasteiger partial charge in [0.05, 0.1) is 16.2 Å². The van der Waals surface area contributed by atoms with Crippen molar-refractivity contribution < 1.29 is 10.1 Å². The van der Waals surface area contributed by atoms with Crippen LogP contribution in [0.25, 0.3) is 0 Å². The molecule has 0 aliphatic carbocycles. The molecule has 0 aromatic heterocycles. The van der Waals surface area contributed by atoms with E-state index >= 15 is 0 Å². The van der Waals surface area contributed by atoms with E-state index in [0.717, 1.165) is 16.3 Å². The summed E-state index contributed by atoms with van der Waals surface area (Å²) in [7, 11) is 0. The monoisotopic (exact) mass is 311 g/mol. The molecule has 118 valence electrons. The smallest absolute Gasteiger partial charge is 0.269 e. The average molecular weight is 311 g/mol. The number of non-ortho nitro benzene ring substituents is 1. The number of nitrogens with zero attached hydrogens (tertiary/aromatic N) is 3. The summed E-state index contributed by atoms with van der Waals surface area (Å²) in [6.45, 7) is 3.74. The van der Waals surface area contributed by atoms with Crippen LogP contribution in [0, 0.1) is 10.1 Å². The Labute approximate surface area is 133 Å². The predicted molar refractivity (Wildman–Crippen MR) is 86.5 cm³/mol. The molecule has 6 nitrogen and oxygen atoms in total. The highest BCUT2D eigenvalue weighted by molar-refractivity contribution is 6.07. The molecule has 0 fully saturated rings. The van der Waals surface area contributed by atoms with Gasteiger partial charge in [-0.25, -0.2) is 0 Å². The highest BCUT2D eigenvalue weighted by Gasteiger charge is 2.43. The van der Waals surface area contributed by atoms with E-state index in [0.29, 0.717) is 5.56 Å². The molecule has 0 spiro atoms. The molecule has 1 aliphatic heterocycles. The first kappa shape index (κ1) is 15.3. The number of nitro benzene ring substituents is 1. The van der Waals surface area contributed by atoms with Crippen molar-refractivity contribution in [2.24, 2.45) is 4.99 Å². The predicted octanol–water partition coefficient (Wildman–Crippen LogP) is 3.57. The zero-order valence-corrected chi connectivity index (χ0v) is 12.9. The highest BCUT2D eigenvalue weighted by Crippen LogP contribution is 2.38. The molecular weight excluding hydrogens is 294 g/mol. The quantitative estimate of drug-likeness (QED) is 0.694. The molecule has 0 radical (unpaired) electrons. The third kappa shape index (κ3) is 2.62. The fourth-order valence-electron chi connectivity index (χ4n) is 2.79. The van der Waals surface area contributed by atoms with Crippen LogP contribution in [0.2, 0.25) is 0 Å². The van der Waals surface area contributed by atoms with Gasteiger partial charge in [-0.05, 0) is 25.0 Å². The highest BCUT2D eigenvalue weighted by atomic mass is 16.6. The number of benzene rings is 2. The summed E-state index contributed by atoms with van der Waals surface area (Å²) in [5, 5.41) is 22.7. The minimum absolute atomic E-state index is 0.0166. The van der Waals surface area contributed by atoms with Gasteiger partial charge < -0.3 is 5.21 Å². The van der Waals surface area contributed by atoms with Gasteiger partial charge in [-0.3, -0.25) is 15.1 Å². The van der Waals surface area contributed by atoms with E-state index in [1.807, 2.05) is 44.2 Å². The second-order valence-electron chi connectivity index (χ2n) is 5.97. The molecule has 3 rings (SSSR count). The van der Waals surface area contributed by atoms with Crippen molar-refractivity contribution in [3.63, 3.8) is 0 Å². The van der Waals surface area contributed by atoms with E-state index in [2.05, 4.69) is 4.99 Å². The van der Waals surface area contributed by atoms with Gasteiger partial charge in [0.15, 0.2) is 6.17 Å². The number of nitro groups is 1. The third-order valence-electron chi connectivity index (χ3n) is 4.06. The molecule has 1 N–H and O–H groups in total. The second-order valence-corrected chi connectivity index (χ2v) is 5.97. The fourth-order valence-corrected chi connectivity index (χ4v) is 2.79. The normalized spacial score (nSPS) is 20.3. The molecule has 1 heterocycles. The molecule has 23 heavy (non-hydrogen) atoms. The van der Waals surface area contributed by atoms with Crippen LogP contribution in [0.5, 0.6) is 0 Å². The van der Waals surface area contributed by atoms with Crippen LogP contribution in [0.1, 0.15) is 31.1 Å². The van der Waals surface area contributed by atoms with Crippen LogP contribution in [-0.4, -0.2) is 26.4 Å². The Bertz CT molecular complexity index is 772. The van der Waals surface area contributed by atoms with Gasteiger partial charge in [-0.15, -0.1) is 0 Å². The fraction of sp³-hybridized carbons (Fsp3) is 0.235. The first-order valence-electron chi connectivity index (χ1n) is 7.27. The van der Waals surface area contributed by atoms with Crippen molar-refractivity contribution >= 4 is 11.4 Å². The number of aliphatic imine (C=N–C) groups is 1. The topological polar surface area (TPSA) is 79.0 Å². The largest absolute Gasteiger partial charge is 0.311 e. The summed E-state index contributed by atoms with van der Waals surface area (Å²) in [5.74, 6) is 0. The van der Waals surface area contributed by atoms with Gasteiger partial charge in [-0.2, -0.15) is 5.06 Å². The van der Waals surface area contributed by atoms with E-state index in [9.17, 15) is 15.3 Å². The van der Waals surface area contributed by atoms with Gasteiger partial charge in [0.1, 0.15) is 0 Å². The Morgan fingerprint density at radius 1 is 1.17 bits per heavy atom. The van der Waals surface area contributed by atoms with Crippen LogP contribution < -0.4 is 0 Å². The van der Waals surface area contributed by atoms with E-state index in [4.69, 9.17) is 0 Å². The molecule has 0 saturated carbocycles. The number of hydrogen-bond acceptors (Lipinski definition) is 5. The van der Waals surface area contributed by atoms with Crippen LogP contribution in [0.4, 0.5) is 5.69 Å². The van der Waals surface area contributed by atoms with Gasteiger partial charge in [0.2, 0.25) is 0 Å². The maximum absolute atomic E-state index is 11.0. The van der Waals surface area contributed by atoms with Crippen LogP contribution in [-0.2, 0) is 0 Å². The third-order valence-corrected chi connectivity index (χ3v) is 4.06. The van der Waals surface area contributed by atoms with Gasteiger partial charge in [0.25, 0.3) is 5.69 Å². The number of rotatable bonds is 3. The lowest BCUT2D eigenvalue weighted by Gasteiger charge is -2.30.